The van der Waals surface area contributed by atoms with Crippen LogP contribution in [0.4, 0.5) is 5.13 Å². The summed E-state index contributed by atoms with van der Waals surface area (Å²) < 4.78 is 35.5. The van der Waals surface area contributed by atoms with Crippen LogP contribution in [-0.4, -0.2) is 96.6 Å². The zero-order chi connectivity index (χ0) is 29.6. The van der Waals surface area contributed by atoms with Gasteiger partial charge in [-0.1, -0.05) is 10.4 Å². The number of aromatic nitrogens is 4. The van der Waals surface area contributed by atoms with Gasteiger partial charge < -0.3 is 32.0 Å². The van der Waals surface area contributed by atoms with Crippen molar-refractivity contribution in [1.82, 2.24) is 34.9 Å². The van der Waals surface area contributed by atoms with Crippen LogP contribution in [0.2, 0.25) is 0 Å². The van der Waals surface area contributed by atoms with Gasteiger partial charge in [0, 0.05) is 37.0 Å². The molecule has 2 aromatic heterocycles. The predicted molar refractivity (Wildman–Crippen MR) is 140 cm³/mol. The van der Waals surface area contributed by atoms with Crippen LogP contribution in [0.3, 0.4) is 0 Å². The lowest BCUT2D eigenvalue weighted by Crippen LogP contribution is -2.68. The van der Waals surface area contributed by atoms with Crippen molar-refractivity contribution in [2.24, 2.45) is 16.3 Å². The number of thiazole rings is 1. The van der Waals surface area contributed by atoms with Crippen LogP contribution in [0.1, 0.15) is 37.1 Å². The molecule has 0 bridgehead atoms. The average Bonchev–Trinajstić information content (AvgIpc) is 3.75. The van der Waals surface area contributed by atoms with Crippen LogP contribution in [0.15, 0.2) is 16.7 Å². The van der Waals surface area contributed by atoms with E-state index in [0.717, 1.165) is 17.8 Å². The highest BCUT2D eigenvalue weighted by atomic mass is 32.2. The fourth-order valence-corrected chi connectivity index (χ4v) is 6.25. The molecule has 41 heavy (non-hydrogen) atoms. The number of carboxylic acids is 1. The maximum absolute atomic E-state index is 13.3. The number of β-lactam (4-membered cyclic amide) rings is 1. The highest BCUT2D eigenvalue weighted by Gasteiger charge is 2.77. The molecule has 1 aliphatic heterocycles. The summed E-state index contributed by atoms with van der Waals surface area (Å²) in [7, 11) is -4.90. The average molecular weight is 613 g/mol. The van der Waals surface area contributed by atoms with Crippen molar-refractivity contribution in [1.29, 1.82) is 0 Å². The van der Waals surface area contributed by atoms with Gasteiger partial charge in [0.05, 0.1) is 23.7 Å². The van der Waals surface area contributed by atoms with Crippen molar-refractivity contribution in [3.63, 3.8) is 0 Å². The highest BCUT2D eigenvalue weighted by molar-refractivity contribution is 7.84. The minimum atomic E-state index is -4.90. The van der Waals surface area contributed by atoms with Crippen molar-refractivity contribution >= 4 is 50.3 Å². The van der Waals surface area contributed by atoms with Gasteiger partial charge in [0.2, 0.25) is 11.5 Å². The van der Waals surface area contributed by atoms with E-state index in [1.807, 2.05) is 0 Å². The standard InChI is InChI=1S/C21H28N10O8S2/c22-4-1-5-24-7-11-8-30(29-27-11)9-14-21(17(33)31(14)41(36,37)38)6-13(21)26-16(32)15(12-10-40-19(23)25-12)28-39-20(2-3-20)18(34)35/h8,10,13-14,24H,1-7,9,22H2,(H2,23,25)(H,26,32)(H,34,35)(H,36,37,38)/b28-15-/t13?,14-,21?/m1/s1. The van der Waals surface area contributed by atoms with Crippen LogP contribution in [-0.2, 0) is 42.6 Å². The van der Waals surface area contributed by atoms with Crippen molar-refractivity contribution in [3.05, 3.63) is 23.0 Å². The lowest BCUT2D eigenvalue weighted by Gasteiger charge is -2.45. The zero-order valence-electron chi connectivity index (χ0n) is 21.5. The number of nitrogens with one attached hydrogen (secondary N) is 2. The van der Waals surface area contributed by atoms with E-state index in [2.05, 4.69) is 31.1 Å². The molecule has 2 unspecified atom stereocenters. The molecule has 222 valence electrons. The zero-order valence-corrected chi connectivity index (χ0v) is 23.1. The number of carbonyl (C=O) groups is 3. The fourth-order valence-electron chi connectivity index (χ4n) is 4.75. The van der Waals surface area contributed by atoms with E-state index < -0.39 is 51.2 Å². The van der Waals surface area contributed by atoms with E-state index in [1.54, 1.807) is 6.20 Å². The number of anilines is 1. The molecule has 3 heterocycles. The van der Waals surface area contributed by atoms with Crippen LogP contribution in [0, 0.1) is 5.41 Å². The Bertz CT molecular complexity index is 1500. The third-order valence-electron chi connectivity index (χ3n) is 7.23. The molecule has 1 saturated heterocycles. The normalized spacial score (nSPS) is 24.7. The Hall–Kier alpha value is -3.72. The lowest BCUT2D eigenvalue weighted by atomic mass is 9.85. The molecule has 1 spiro atoms. The second kappa shape index (κ2) is 10.6. The fraction of sp³-hybridized carbons (Fsp3) is 0.571. The molecule has 0 radical (unpaired) electrons. The number of oxime groups is 1. The number of nitrogens with zero attached hydrogens (tertiary/aromatic N) is 6. The van der Waals surface area contributed by atoms with E-state index in [9.17, 15) is 32.5 Å². The molecule has 2 amide bonds. The van der Waals surface area contributed by atoms with Gasteiger partial charge in [-0.2, -0.15) is 8.42 Å². The highest BCUT2D eigenvalue weighted by Crippen LogP contribution is 2.60. The molecule has 5 rings (SSSR count). The van der Waals surface area contributed by atoms with Crippen molar-refractivity contribution < 1.29 is 37.3 Å². The monoisotopic (exact) mass is 612 g/mol. The number of nitrogen functional groups attached to an aromatic ring is 1. The second-order valence-corrected chi connectivity index (χ2v) is 12.2. The maximum atomic E-state index is 13.3. The van der Waals surface area contributed by atoms with E-state index >= 15 is 0 Å². The Morgan fingerprint density at radius 3 is 2.71 bits per heavy atom. The summed E-state index contributed by atoms with van der Waals surface area (Å²) in [5.74, 6) is -2.94. The Balaban J connectivity index is 1.32. The lowest BCUT2D eigenvalue weighted by molar-refractivity contribution is -0.154. The third kappa shape index (κ3) is 5.47. The van der Waals surface area contributed by atoms with E-state index in [1.165, 1.54) is 10.1 Å². The topological polar surface area (TPSA) is 270 Å². The molecule has 3 atom stereocenters. The first-order chi connectivity index (χ1) is 19.4. The largest absolute Gasteiger partial charge is 0.478 e. The van der Waals surface area contributed by atoms with E-state index in [0.29, 0.717) is 29.6 Å². The number of hydrogen-bond donors (Lipinski definition) is 6. The summed E-state index contributed by atoms with van der Waals surface area (Å²) >= 11 is 1.02. The second-order valence-electron chi connectivity index (χ2n) is 10.0. The Kier molecular flexibility index (Phi) is 7.44. The Morgan fingerprint density at radius 2 is 2.10 bits per heavy atom. The number of nitrogens with two attached hydrogens (primary N) is 2. The molecule has 20 heteroatoms. The number of rotatable bonds is 14. The first kappa shape index (κ1) is 28.8. The first-order valence-electron chi connectivity index (χ1n) is 12.5. The molecular formula is C21H28N10O8S2. The SMILES string of the molecule is NCCCNCc1cn(C[C@H]2N(S(=O)(=O)O)C(=O)C23CC3NC(=O)/C(=N\OC2(C(=O)O)CC2)c2csc(N)n2)nn1. The van der Waals surface area contributed by atoms with Gasteiger partial charge in [0.1, 0.15) is 5.69 Å². The van der Waals surface area contributed by atoms with Gasteiger partial charge in [0.25, 0.3) is 5.91 Å². The summed E-state index contributed by atoms with van der Waals surface area (Å²) in [6.45, 7) is 1.47. The maximum Gasteiger partial charge on any atom is 0.362 e. The molecule has 18 nitrogen and oxygen atoms in total. The molecular weight excluding hydrogens is 584 g/mol. The molecule has 2 aliphatic carbocycles. The summed E-state index contributed by atoms with van der Waals surface area (Å²) in [5.41, 5.74) is 8.54. The van der Waals surface area contributed by atoms with Crippen molar-refractivity contribution in [3.8, 4) is 0 Å². The van der Waals surface area contributed by atoms with Crippen LogP contribution < -0.4 is 22.1 Å². The van der Waals surface area contributed by atoms with Crippen molar-refractivity contribution in [2.45, 2.75) is 56.5 Å². The molecule has 2 saturated carbocycles. The predicted octanol–water partition coefficient (Wildman–Crippen LogP) is -2.32. The molecule has 3 fully saturated rings. The quantitative estimate of drug-likeness (QED) is 0.0430. The van der Waals surface area contributed by atoms with Gasteiger partial charge in [-0.05, 0) is 25.9 Å². The van der Waals surface area contributed by atoms with Crippen LogP contribution >= 0.6 is 11.3 Å². The number of carbonyl (C=O) groups excluding carboxylic acids is 2. The summed E-state index contributed by atoms with van der Waals surface area (Å²) in [4.78, 5) is 47.0. The summed E-state index contributed by atoms with van der Waals surface area (Å²) in [5, 5.41) is 28.5. The number of hydrogen-bond acceptors (Lipinski definition) is 14. The van der Waals surface area contributed by atoms with Gasteiger partial charge in [-0.3, -0.25) is 18.8 Å². The van der Waals surface area contributed by atoms with Gasteiger partial charge >= 0.3 is 16.3 Å². The van der Waals surface area contributed by atoms with E-state index in [-0.39, 0.29) is 42.3 Å². The van der Waals surface area contributed by atoms with Gasteiger partial charge in [-0.15, -0.1) is 16.4 Å². The molecule has 3 aliphatic rings. The van der Waals surface area contributed by atoms with Crippen LogP contribution in [0.25, 0.3) is 0 Å². The number of amides is 2. The van der Waals surface area contributed by atoms with Crippen molar-refractivity contribution in [2.75, 3.05) is 18.8 Å². The summed E-state index contributed by atoms with van der Waals surface area (Å²) in [6, 6.07) is -1.90. The molecule has 0 aromatic carbocycles. The minimum absolute atomic E-state index is 0.0344. The Labute approximate surface area is 237 Å². The summed E-state index contributed by atoms with van der Waals surface area (Å²) in [6.07, 6.45) is 2.84. The minimum Gasteiger partial charge on any atom is -0.478 e. The number of carboxylic acid groups (broad SMARTS) is 1. The third-order valence-corrected chi connectivity index (χ3v) is 8.82. The smallest absolute Gasteiger partial charge is 0.362 e. The molecule has 2 aromatic rings. The van der Waals surface area contributed by atoms with E-state index in [4.69, 9.17) is 16.3 Å². The number of aliphatic carboxylic acids is 1. The van der Waals surface area contributed by atoms with Gasteiger partial charge in [-0.25, -0.2) is 14.1 Å². The van der Waals surface area contributed by atoms with Gasteiger partial charge in [0.15, 0.2) is 10.8 Å². The Morgan fingerprint density at radius 1 is 1.34 bits per heavy atom. The molecule has 8 N–H and O–H groups in total. The first-order valence-corrected chi connectivity index (χ1v) is 14.8. The van der Waals surface area contributed by atoms with Crippen LogP contribution in [0.5, 0.6) is 0 Å².